The summed E-state index contributed by atoms with van der Waals surface area (Å²) in [5, 5.41) is 11.4. The standard InChI is InChI=1S/C26H28N4O4/c1-18-5-3-6-19(15-18)26(33)30-22-11-9-21(10-12-22)28-17-24(31)29-23-8-4-7-20(16-23)25(32)27-13-14-34-2/h3-12,15-16,28H,13-14,17H2,1-2H3,(H,27,32)(H,29,31)(H,30,33). The maximum Gasteiger partial charge on any atom is 0.255 e. The highest BCUT2D eigenvalue weighted by molar-refractivity contribution is 6.04. The van der Waals surface area contributed by atoms with Crippen molar-refractivity contribution in [2.24, 2.45) is 0 Å². The number of amides is 3. The zero-order valence-corrected chi connectivity index (χ0v) is 19.2. The predicted octanol–water partition coefficient (Wildman–Crippen LogP) is 3.67. The fourth-order valence-corrected chi connectivity index (χ4v) is 3.16. The molecule has 0 heterocycles. The number of benzene rings is 3. The summed E-state index contributed by atoms with van der Waals surface area (Å²) in [7, 11) is 1.56. The van der Waals surface area contributed by atoms with Crippen LogP contribution in [0.4, 0.5) is 17.1 Å². The molecule has 0 unspecified atom stereocenters. The highest BCUT2D eigenvalue weighted by Crippen LogP contribution is 2.15. The van der Waals surface area contributed by atoms with Crippen LogP contribution in [0.5, 0.6) is 0 Å². The van der Waals surface area contributed by atoms with Crippen molar-refractivity contribution in [2.45, 2.75) is 6.92 Å². The number of rotatable bonds is 10. The van der Waals surface area contributed by atoms with Crippen LogP contribution in [-0.2, 0) is 9.53 Å². The molecule has 3 aromatic rings. The van der Waals surface area contributed by atoms with Crippen LogP contribution in [0.1, 0.15) is 26.3 Å². The zero-order valence-electron chi connectivity index (χ0n) is 19.2. The van der Waals surface area contributed by atoms with E-state index in [1.807, 2.05) is 25.1 Å². The first kappa shape index (κ1) is 24.5. The number of methoxy groups -OCH3 is 1. The van der Waals surface area contributed by atoms with E-state index in [0.29, 0.717) is 35.7 Å². The Bertz CT molecular complexity index is 1150. The van der Waals surface area contributed by atoms with Crippen LogP contribution in [0.3, 0.4) is 0 Å². The van der Waals surface area contributed by atoms with Crippen LogP contribution in [0.2, 0.25) is 0 Å². The molecule has 0 aliphatic heterocycles. The molecule has 34 heavy (non-hydrogen) atoms. The van der Waals surface area contributed by atoms with Gasteiger partial charge in [-0.25, -0.2) is 0 Å². The van der Waals surface area contributed by atoms with Crippen LogP contribution in [0.15, 0.2) is 72.8 Å². The quantitative estimate of drug-likeness (QED) is 0.345. The molecule has 176 valence electrons. The summed E-state index contributed by atoms with van der Waals surface area (Å²) in [6.07, 6.45) is 0. The molecule has 0 aliphatic carbocycles. The Hall–Kier alpha value is -4.17. The molecule has 8 nitrogen and oxygen atoms in total. The van der Waals surface area contributed by atoms with E-state index < -0.39 is 0 Å². The van der Waals surface area contributed by atoms with Crippen LogP contribution >= 0.6 is 0 Å². The van der Waals surface area contributed by atoms with E-state index in [-0.39, 0.29) is 24.3 Å². The number of aryl methyl sites for hydroxylation is 1. The highest BCUT2D eigenvalue weighted by Gasteiger charge is 2.09. The molecular formula is C26H28N4O4. The molecule has 8 heteroatoms. The van der Waals surface area contributed by atoms with Crippen molar-refractivity contribution >= 4 is 34.8 Å². The first-order chi connectivity index (χ1) is 16.4. The lowest BCUT2D eigenvalue weighted by Crippen LogP contribution is -2.27. The van der Waals surface area contributed by atoms with E-state index in [0.717, 1.165) is 11.3 Å². The smallest absolute Gasteiger partial charge is 0.255 e. The van der Waals surface area contributed by atoms with Crippen molar-refractivity contribution < 1.29 is 19.1 Å². The van der Waals surface area contributed by atoms with Gasteiger partial charge in [-0.05, 0) is 61.5 Å². The second-order valence-corrected chi connectivity index (χ2v) is 7.63. The number of hydrogen-bond donors (Lipinski definition) is 4. The van der Waals surface area contributed by atoms with Crippen LogP contribution in [-0.4, -0.2) is 44.5 Å². The van der Waals surface area contributed by atoms with Crippen molar-refractivity contribution in [3.63, 3.8) is 0 Å². The fraction of sp³-hybridized carbons (Fsp3) is 0.192. The van der Waals surface area contributed by atoms with E-state index in [4.69, 9.17) is 4.74 Å². The molecular weight excluding hydrogens is 432 g/mol. The summed E-state index contributed by atoms with van der Waals surface area (Å²) < 4.78 is 4.92. The number of anilines is 3. The van der Waals surface area contributed by atoms with Crippen LogP contribution < -0.4 is 21.3 Å². The van der Waals surface area contributed by atoms with Gasteiger partial charge in [0.2, 0.25) is 5.91 Å². The number of carbonyl (C=O) groups is 3. The topological polar surface area (TPSA) is 109 Å². The van der Waals surface area contributed by atoms with E-state index in [9.17, 15) is 14.4 Å². The van der Waals surface area contributed by atoms with Gasteiger partial charge in [0.05, 0.1) is 13.2 Å². The van der Waals surface area contributed by atoms with Gasteiger partial charge in [-0.2, -0.15) is 0 Å². The monoisotopic (exact) mass is 460 g/mol. The van der Waals surface area contributed by atoms with E-state index in [2.05, 4.69) is 21.3 Å². The maximum absolute atomic E-state index is 12.4. The third-order valence-corrected chi connectivity index (χ3v) is 4.88. The van der Waals surface area contributed by atoms with Gasteiger partial charge in [-0.1, -0.05) is 23.8 Å². The van der Waals surface area contributed by atoms with Crippen LogP contribution in [0, 0.1) is 6.92 Å². The second kappa shape index (κ2) is 12.2. The normalized spacial score (nSPS) is 10.3. The molecule has 3 rings (SSSR count). The Morgan fingerprint density at radius 2 is 1.44 bits per heavy atom. The minimum atomic E-state index is -0.256. The molecule has 0 spiro atoms. The average Bonchev–Trinajstić information content (AvgIpc) is 2.84. The Morgan fingerprint density at radius 1 is 0.765 bits per heavy atom. The second-order valence-electron chi connectivity index (χ2n) is 7.63. The first-order valence-electron chi connectivity index (χ1n) is 10.8. The fourth-order valence-electron chi connectivity index (χ4n) is 3.16. The molecule has 4 N–H and O–H groups in total. The molecule has 0 atom stereocenters. The van der Waals surface area contributed by atoms with Gasteiger partial charge in [0.15, 0.2) is 0 Å². The van der Waals surface area contributed by atoms with Crippen molar-refractivity contribution in [1.29, 1.82) is 0 Å². The lowest BCUT2D eigenvalue weighted by molar-refractivity contribution is -0.114. The van der Waals surface area contributed by atoms with Gasteiger partial charge in [0.25, 0.3) is 11.8 Å². The van der Waals surface area contributed by atoms with E-state index >= 15 is 0 Å². The summed E-state index contributed by atoms with van der Waals surface area (Å²) in [4.78, 5) is 36.8. The number of nitrogens with one attached hydrogen (secondary N) is 4. The van der Waals surface area contributed by atoms with Crippen LogP contribution in [0.25, 0.3) is 0 Å². The molecule has 0 fully saturated rings. The van der Waals surface area contributed by atoms with Gasteiger partial charge < -0.3 is 26.0 Å². The molecule has 0 aliphatic rings. The number of carbonyl (C=O) groups excluding carboxylic acids is 3. The Kier molecular flexibility index (Phi) is 8.76. The van der Waals surface area contributed by atoms with Crippen molar-refractivity contribution in [3.8, 4) is 0 Å². The Labute approximate surface area is 198 Å². The lowest BCUT2D eigenvalue weighted by Gasteiger charge is -2.10. The van der Waals surface area contributed by atoms with Gasteiger partial charge in [0, 0.05) is 41.8 Å². The summed E-state index contributed by atoms with van der Waals surface area (Å²) in [6, 6.07) is 21.2. The van der Waals surface area contributed by atoms with Gasteiger partial charge in [0.1, 0.15) is 0 Å². The molecule has 0 radical (unpaired) electrons. The van der Waals surface area contributed by atoms with Gasteiger partial charge >= 0.3 is 0 Å². The molecule has 0 aromatic heterocycles. The first-order valence-corrected chi connectivity index (χ1v) is 10.8. The SMILES string of the molecule is COCCNC(=O)c1cccc(NC(=O)CNc2ccc(NC(=O)c3cccc(C)c3)cc2)c1. The number of ether oxygens (including phenoxy) is 1. The molecule has 0 bridgehead atoms. The van der Waals surface area contributed by atoms with E-state index in [1.165, 1.54) is 0 Å². The molecule has 3 amide bonds. The number of hydrogen-bond acceptors (Lipinski definition) is 5. The van der Waals surface area contributed by atoms with Gasteiger partial charge in [-0.15, -0.1) is 0 Å². The lowest BCUT2D eigenvalue weighted by atomic mass is 10.1. The zero-order chi connectivity index (χ0) is 24.3. The van der Waals surface area contributed by atoms with Crippen molar-refractivity contribution in [1.82, 2.24) is 5.32 Å². The summed E-state index contributed by atoms with van der Waals surface area (Å²) >= 11 is 0. The largest absolute Gasteiger partial charge is 0.383 e. The van der Waals surface area contributed by atoms with Gasteiger partial charge in [-0.3, -0.25) is 14.4 Å². The summed E-state index contributed by atoms with van der Waals surface area (Å²) in [5.41, 5.74) is 3.97. The van der Waals surface area contributed by atoms with Crippen molar-refractivity contribution in [3.05, 3.63) is 89.5 Å². The van der Waals surface area contributed by atoms with E-state index in [1.54, 1.807) is 61.7 Å². The van der Waals surface area contributed by atoms with Crippen molar-refractivity contribution in [2.75, 3.05) is 42.8 Å². The summed E-state index contributed by atoms with van der Waals surface area (Å²) in [5.74, 6) is -0.673. The third-order valence-electron chi connectivity index (χ3n) is 4.88. The Morgan fingerprint density at radius 3 is 2.15 bits per heavy atom. The highest BCUT2D eigenvalue weighted by atomic mass is 16.5. The Balaban J connectivity index is 1.48. The average molecular weight is 461 g/mol. The minimum Gasteiger partial charge on any atom is -0.383 e. The maximum atomic E-state index is 12.4. The summed E-state index contributed by atoms with van der Waals surface area (Å²) in [6.45, 7) is 2.81. The minimum absolute atomic E-state index is 0.0409. The third kappa shape index (κ3) is 7.46. The predicted molar refractivity (Wildman–Crippen MR) is 133 cm³/mol. The molecule has 3 aromatic carbocycles. The molecule has 0 saturated carbocycles. The molecule has 0 saturated heterocycles.